The number of nitriles is 1. The van der Waals surface area contributed by atoms with E-state index in [1.165, 1.54) is 6.08 Å². The normalized spacial score (nSPS) is 10.7. The van der Waals surface area contributed by atoms with Gasteiger partial charge in [0.2, 0.25) is 0 Å². The maximum atomic E-state index is 12.3. The Balaban J connectivity index is 1.48. The van der Waals surface area contributed by atoms with Crippen molar-refractivity contribution < 1.29 is 33.6 Å². The van der Waals surface area contributed by atoms with E-state index in [4.69, 9.17) is 34.1 Å². The van der Waals surface area contributed by atoms with Gasteiger partial charge in [0.05, 0.1) is 51.8 Å². The fourth-order valence-electron chi connectivity index (χ4n) is 3.27. The molecule has 0 atom stereocenters. The smallest absolute Gasteiger partial charge is 0.336 e. The van der Waals surface area contributed by atoms with Crippen LogP contribution in [0.25, 0.3) is 17.2 Å². The van der Waals surface area contributed by atoms with E-state index in [0.29, 0.717) is 55.8 Å². The van der Waals surface area contributed by atoms with Crippen molar-refractivity contribution in [2.24, 2.45) is 0 Å². The van der Waals surface area contributed by atoms with Crippen LogP contribution in [0.3, 0.4) is 0 Å². The third-order valence-electron chi connectivity index (χ3n) is 5.11. The van der Waals surface area contributed by atoms with Crippen LogP contribution in [0.4, 0.5) is 0 Å². The number of esters is 1. The van der Waals surface area contributed by atoms with Gasteiger partial charge in [-0.2, -0.15) is 5.26 Å². The Bertz CT molecular complexity index is 1200. The Morgan fingerprint density at radius 2 is 1.51 bits per heavy atom. The number of ether oxygens (including phenoxy) is 5. The zero-order chi connectivity index (χ0) is 26.3. The molecule has 0 aliphatic rings. The van der Waals surface area contributed by atoms with Crippen LogP contribution in [-0.2, 0) is 14.3 Å². The molecule has 0 fully saturated rings. The van der Waals surface area contributed by atoms with Crippen molar-refractivity contribution in [1.29, 1.82) is 5.26 Å². The molecule has 0 aliphatic heterocycles. The Hall–Kier alpha value is -4.16. The summed E-state index contributed by atoms with van der Waals surface area (Å²) in [6.45, 7) is 1.84. The van der Waals surface area contributed by atoms with Crippen molar-refractivity contribution in [3.05, 3.63) is 83.9 Å². The fourth-order valence-corrected chi connectivity index (χ4v) is 3.27. The fraction of sp³-hybridized carbons (Fsp3) is 0.241. The third-order valence-corrected chi connectivity index (χ3v) is 5.11. The predicted molar refractivity (Wildman–Crippen MR) is 138 cm³/mol. The first-order valence-corrected chi connectivity index (χ1v) is 11.7. The zero-order valence-electron chi connectivity index (χ0n) is 20.6. The van der Waals surface area contributed by atoms with Crippen LogP contribution in [-0.4, -0.2) is 57.8 Å². The summed E-state index contributed by atoms with van der Waals surface area (Å²) in [7, 11) is 1.54. The van der Waals surface area contributed by atoms with Crippen LogP contribution in [0.15, 0.2) is 72.8 Å². The summed E-state index contributed by atoms with van der Waals surface area (Å²) < 4.78 is 27.0. The number of rotatable bonds is 14. The van der Waals surface area contributed by atoms with Crippen LogP contribution in [0.5, 0.6) is 17.2 Å². The molecule has 0 radical (unpaired) electrons. The molecule has 1 N–H and O–H groups in total. The zero-order valence-corrected chi connectivity index (χ0v) is 20.6. The first-order valence-electron chi connectivity index (χ1n) is 11.7. The summed E-state index contributed by atoms with van der Waals surface area (Å²) in [6.07, 6.45) is 2.98. The Labute approximate surface area is 216 Å². The average molecular weight is 504 g/mol. The Morgan fingerprint density at radius 3 is 2.16 bits per heavy atom. The highest BCUT2D eigenvalue weighted by molar-refractivity contribution is 5.89. The summed E-state index contributed by atoms with van der Waals surface area (Å²) >= 11 is 0. The van der Waals surface area contributed by atoms with Crippen LogP contribution in [0.2, 0.25) is 0 Å². The number of aliphatic hydroxyl groups is 1. The van der Waals surface area contributed by atoms with Gasteiger partial charge in [-0.25, -0.2) is 4.79 Å². The highest BCUT2D eigenvalue weighted by Gasteiger charge is 2.07. The number of methoxy groups -OCH3 is 1. The number of hydrogen-bond donors (Lipinski definition) is 1. The van der Waals surface area contributed by atoms with E-state index in [0.717, 1.165) is 16.7 Å². The van der Waals surface area contributed by atoms with E-state index < -0.39 is 5.97 Å². The number of carbonyl (C=O) groups is 1. The minimum absolute atomic E-state index is 0.00885. The third kappa shape index (κ3) is 9.09. The molecule has 0 amide bonds. The van der Waals surface area contributed by atoms with Gasteiger partial charge in [0.1, 0.15) is 12.4 Å². The standard InChI is InChI=1S/C29H29NO7/c1-33-28-20-22(4-12-27(28)36-19-18-35-17-16-34-15-14-31)5-13-29(32)37-26-10-8-25(9-11-26)24-6-2-23(21-30)3-7-24/h2-13,20,31H,14-19H2,1H3/b13-5+. The lowest BCUT2D eigenvalue weighted by atomic mass is 10.0. The Morgan fingerprint density at radius 1 is 0.865 bits per heavy atom. The molecule has 0 saturated heterocycles. The molecule has 3 aromatic carbocycles. The molecule has 0 bridgehead atoms. The summed E-state index contributed by atoms with van der Waals surface area (Å²) in [6, 6.07) is 21.8. The van der Waals surface area contributed by atoms with E-state index in [2.05, 4.69) is 6.07 Å². The van der Waals surface area contributed by atoms with Gasteiger partial charge in [-0.3, -0.25) is 0 Å². The van der Waals surface area contributed by atoms with Crippen molar-refractivity contribution in [2.45, 2.75) is 0 Å². The molecule has 3 aromatic rings. The summed E-state index contributed by atoms with van der Waals surface area (Å²) in [5, 5.41) is 17.6. The highest BCUT2D eigenvalue weighted by atomic mass is 16.6. The number of aliphatic hydroxyl groups excluding tert-OH is 1. The molecule has 0 spiro atoms. The van der Waals surface area contributed by atoms with Crippen molar-refractivity contribution in [3.63, 3.8) is 0 Å². The van der Waals surface area contributed by atoms with Gasteiger partial charge in [-0.1, -0.05) is 30.3 Å². The predicted octanol–water partition coefficient (Wildman–Crippen LogP) is 4.26. The average Bonchev–Trinajstić information content (AvgIpc) is 2.94. The van der Waals surface area contributed by atoms with Crippen LogP contribution >= 0.6 is 0 Å². The minimum Gasteiger partial charge on any atom is -0.493 e. The molecule has 8 heteroatoms. The van der Waals surface area contributed by atoms with E-state index in [1.54, 1.807) is 55.7 Å². The van der Waals surface area contributed by atoms with Gasteiger partial charge in [0.25, 0.3) is 0 Å². The number of hydrogen-bond acceptors (Lipinski definition) is 8. The molecule has 3 rings (SSSR count). The molecule has 37 heavy (non-hydrogen) atoms. The van der Waals surface area contributed by atoms with Crippen LogP contribution in [0, 0.1) is 11.3 Å². The number of benzene rings is 3. The largest absolute Gasteiger partial charge is 0.493 e. The lowest BCUT2D eigenvalue weighted by Crippen LogP contribution is -2.12. The van der Waals surface area contributed by atoms with Gasteiger partial charge < -0.3 is 28.8 Å². The molecule has 192 valence electrons. The maximum absolute atomic E-state index is 12.3. The topological polar surface area (TPSA) is 107 Å². The van der Waals surface area contributed by atoms with Crippen molar-refractivity contribution >= 4 is 12.0 Å². The first kappa shape index (κ1) is 27.4. The van der Waals surface area contributed by atoms with Gasteiger partial charge in [-0.15, -0.1) is 0 Å². The second-order valence-corrected chi connectivity index (χ2v) is 7.68. The molecular weight excluding hydrogens is 474 g/mol. The van der Waals surface area contributed by atoms with Crippen LogP contribution in [0.1, 0.15) is 11.1 Å². The van der Waals surface area contributed by atoms with Crippen molar-refractivity contribution in [2.75, 3.05) is 46.8 Å². The molecular formula is C29H29NO7. The van der Waals surface area contributed by atoms with Gasteiger partial charge in [0, 0.05) is 6.08 Å². The molecule has 0 heterocycles. The lowest BCUT2D eigenvalue weighted by Gasteiger charge is -2.11. The SMILES string of the molecule is COc1cc(/C=C/C(=O)Oc2ccc(-c3ccc(C#N)cc3)cc2)ccc1OCCOCCOCCO. The summed E-state index contributed by atoms with van der Waals surface area (Å²) in [5.74, 6) is 1.01. The minimum atomic E-state index is -0.509. The molecule has 8 nitrogen and oxygen atoms in total. The quantitative estimate of drug-likeness (QED) is 0.151. The molecule has 0 unspecified atom stereocenters. The van der Waals surface area contributed by atoms with Gasteiger partial charge in [0.15, 0.2) is 11.5 Å². The van der Waals surface area contributed by atoms with Crippen molar-refractivity contribution in [3.8, 4) is 34.4 Å². The molecule has 0 aliphatic carbocycles. The second kappa shape index (κ2) is 15.1. The highest BCUT2D eigenvalue weighted by Crippen LogP contribution is 2.28. The maximum Gasteiger partial charge on any atom is 0.336 e. The number of carbonyl (C=O) groups excluding carboxylic acids is 1. The van der Waals surface area contributed by atoms with Gasteiger partial charge in [-0.05, 0) is 59.2 Å². The summed E-state index contributed by atoms with van der Waals surface area (Å²) in [5.41, 5.74) is 3.26. The van der Waals surface area contributed by atoms with Crippen molar-refractivity contribution in [1.82, 2.24) is 0 Å². The van der Waals surface area contributed by atoms with E-state index in [1.807, 2.05) is 24.3 Å². The van der Waals surface area contributed by atoms with Gasteiger partial charge >= 0.3 is 5.97 Å². The molecule has 0 saturated carbocycles. The molecule has 0 aromatic heterocycles. The van der Waals surface area contributed by atoms with E-state index in [9.17, 15) is 4.79 Å². The summed E-state index contributed by atoms with van der Waals surface area (Å²) in [4.78, 5) is 12.3. The van der Waals surface area contributed by atoms with E-state index in [-0.39, 0.29) is 6.61 Å². The van der Waals surface area contributed by atoms with E-state index >= 15 is 0 Å². The second-order valence-electron chi connectivity index (χ2n) is 7.68. The number of nitrogens with zero attached hydrogens (tertiary/aromatic N) is 1. The Kier molecular flexibility index (Phi) is 11.2. The van der Waals surface area contributed by atoms with Crippen LogP contribution < -0.4 is 14.2 Å². The monoisotopic (exact) mass is 503 g/mol. The first-order chi connectivity index (χ1) is 18.1. The lowest BCUT2D eigenvalue weighted by molar-refractivity contribution is -0.128.